The van der Waals surface area contributed by atoms with E-state index in [4.69, 9.17) is 4.74 Å². The molecule has 5 rings (SSSR count). The molecule has 0 fully saturated rings. The average Bonchev–Trinajstić information content (AvgIpc) is 3.17. The maximum atomic E-state index is 13.5. The van der Waals surface area contributed by atoms with Gasteiger partial charge in [0.1, 0.15) is 5.75 Å². The van der Waals surface area contributed by atoms with Gasteiger partial charge in [-0.3, -0.25) is 9.59 Å². The van der Waals surface area contributed by atoms with Crippen molar-refractivity contribution in [2.75, 3.05) is 10.2 Å². The van der Waals surface area contributed by atoms with Crippen molar-refractivity contribution in [1.29, 1.82) is 0 Å². The number of carbonyl (C=O) groups is 2. The molecule has 0 bridgehead atoms. The number of hydrogen-bond donors (Lipinski definition) is 1. The summed E-state index contributed by atoms with van der Waals surface area (Å²) in [5.41, 5.74) is 3.49. The number of para-hydroxylation sites is 3. The van der Waals surface area contributed by atoms with Gasteiger partial charge in [0.2, 0.25) is 0 Å². The van der Waals surface area contributed by atoms with Crippen LogP contribution in [0.25, 0.3) is 0 Å². The zero-order valence-corrected chi connectivity index (χ0v) is 18.2. The fourth-order valence-corrected chi connectivity index (χ4v) is 4.42. The molecule has 0 aliphatic carbocycles. The molecule has 0 saturated heterocycles. The number of benzene rings is 3. The fraction of sp³-hybridized carbons (Fsp3) is 0.0769. The van der Waals surface area contributed by atoms with Crippen LogP contribution in [0, 0.1) is 6.92 Å². The van der Waals surface area contributed by atoms with Crippen molar-refractivity contribution in [2.45, 2.75) is 13.5 Å². The number of fused-ring (bicyclic) bond motifs is 2. The second-order valence-corrected chi connectivity index (χ2v) is 8.61. The molecule has 158 valence electrons. The van der Waals surface area contributed by atoms with Crippen LogP contribution in [-0.4, -0.2) is 11.8 Å². The smallest absolute Gasteiger partial charge is 0.258 e. The largest absolute Gasteiger partial charge is 0.455 e. The van der Waals surface area contributed by atoms with E-state index in [1.165, 1.54) is 11.3 Å². The molecule has 5 nitrogen and oxygen atoms in total. The van der Waals surface area contributed by atoms with Gasteiger partial charge in [-0.15, -0.1) is 11.3 Å². The third-order valence-electron chi connectivity index (χ3n) is 5.42. The van der Waals surface area contributed by atoms with Crippen molar-refractivity contribution in [2.24, 2.45) is 0 Å². The van der Waals surface area contributed by atoms with Crippen molar-refractivity contribution in [3.63, 3.8) is 0 Å². The van der Waals surface area contributed by atoms with Gasteiger partial charge < -0.3 is 15.0 Å². The van der Waals surface area contributed by atoms with Crippen molar-refractivity contribution in [1.82, 2.24) is 0 Å². The number of aryl methyl sites for hydroxylation is 1. The van der Waals surface area contributed by atoms with Gasteiger partial charge in [-0.25, -0.2) is 0 Å². The number of anilines is 2. The first-order valence-electron chi connectivity index (χ1n) is 10.2. The van der Waals surface area contributed by atoms with Crippen LogP contribution >= 0.6 is 11.3 Å². The van der Waals surface area contributed by atoms with Gasteiger partial charge in [0.05, 0.1) is 17.8 Å². The molecular weight excluding hydrogens is 420 g/mol. The third-order valence-corrected chi connectivity index (χ3v) is 6.26. The summed E-state index contributed by atoms with van der Waals surface area (Å²) in [4.78, 5) is 28.6. The van der Waals surface area contributed by atoms with E-state index in [-0.39, 0.29) is 11.8 Å². The second-order valence-electron chi connectivity index (χ2n) is 7.49. The highest BCUT2D eigenvalue weighted by molar-refractivity contribution is 7.10. The Morgan fingerprint density at radius 2 is 1.62 bits per heavy atom. The maximum absolute atomic E-state index is 13.5. The van der Waals surface area contributed by atoms with Crippen LogP contribution in [0.1, 0.15) is 31.2 Å². The minimum absolute atomic E-state index is 0.135. The highest BCUT2D eigenvalue weighted by Crippen LogP contribution is 2.39. The van der Waals surface area contributed by atoms with Gasteiger partial charge in [0.15, 0.2) is 5.75 Å². The van der Waals surface area contributed by atoms with Gasteiger partial charge >= 0.3 is 0 Å². The van der Waals surface area contributed by atoms with Gasteiger partial charge in [0.25, 0.3) is 11.8 Å². The Kier molecular flexibility index (Phi) is 5.21. The zero-order chi connectivity index (χ0) is 22.1. The van der Waals surface area contributed by atoms with Crippen molar-refractivity contribution in [3.8, 4) is 11.5 Å². The number of nitrogens with zero attached hydrogens (tertiary/aromatic N) is 1. The molecule has 1 aliphatic heterocycles. The molecule has 0 saturated carbocycles. The molecular formula is C26H20N2O3S. The van der Waals surface area contributed by atoms with Crippen LogP contribution in [0.5, 0.6) is 11.5 Å². The number of carbonyl (C=O) groups excluding carboxylic acids is 2. The predicted octanol–water partition coefficient (Wildman–Crippen LogP) is 6.26. The molecule has 0 unspecified atom stereocenters. The van der Waals surface area contributed by atoms with Crippen LogP contribution < -0.4 is 15.0 Å². The van der Waals surface area contributed by atoms with Gasteiger partial charge in [-0.2, -0.15) is 0 Å². The molecule has 0 atom stereocenters. The minimum Gasteiger partial charge on any atom is -0.455 e. The van der Waals surface area contributed by atoms with Crippen molar-refractivity contribution < 1.29 is 14.3 Å². The Balaban J connectivity index is 1.41. The van der Waals surface area contributed by atoms with E-state index in [2.05, 4.69) is 5.32 Å². The summed E-state index contributed by atoms with van der Waals surface area (Å²) in [6.45, 7) is 2.32. The molecule has 1 aliphatic rings. The van der Waals surface area contributed by atoms with E-state index < -0.39 is 0 Å². The zero-order valence-electron chi connectivity index (χ0n) is 17.4. The topological polar surface area (TPSA) is 58.6 Å². The summed E-state index contributed by atoms with van der Waals surface area (Å²) in [5, 5.41) is 4.79. The van der Waals surface area contributed by atoms with Gasteiger partial charge in [-0.05, 0) is 60.8 Å². The normalized spacial score (nSPS) is 12.2. The lowest BCUT2D eigenvalue weighted by molar-refractivity contribution is 0.0984. The number of ether oxygens (including phenoxy) is 1. The lowest BCUT2D eigenvalue weighted by Gasteiger charge is -2.22. The Hall–Kier alpha value is -3.90. The number of nitrogens with one attached hydrogen (secondary N) is 1. The van der Waals surface area contributed by atoms with Crippen molar-refractivity contribution >= 4 is 34.5 Å². The molecule has 0 spiro atoms. The predicted molar refractivity (Wildman–Crippen MR) is 127 cm³/mol. The first-order valence-corrected chi connectivity index (χ1v) is 11.1. The van der Waals surface area contributed by atoms with Crippen LogP contribution in [-0.2, 0) is 6.54 Å². The van der Waals surface area contributed by atoms with Crippen LogP contribution in [0.15, 0.2) is 84.2 Å². The summed E-state index contributed by atoms with van der Waals surface area (Å²) in [7, 11) is 0. The lowest BCUT2D eigenvalue weighted by Crippen LogP contribution is -2.29. The Morgan fingerprint density at radius 3 is 2.38 bits per heavy atom. The molecule has 32 heavy (non-hydrogen) atoms. The third kappa shape index (κ3) is 3.76. The number of amides is 2. The van der Waals surface area contributed by atoms with E-state index in [0.29, 0.717) is 29.1 Å². The molecule has 6 heteroatoms. The second kappa shape index (κ2) is 8.32. The molecule has 2 amide bonds. The van der Waals surface area contributed by atoms with E-state index in [9.17, 15) is 9.59 Å². The highest BCUT2D eigenvalue weighted by Gasteiger charge is 2.26. The Labute approximate surface area is 189 Å². The molecule has 0 radical (unpaired) electrons. The molecule has 1 N–H and O–H groups in total. The summed E-state index contributed by atoms with van der Waals surface area (Å²) >= 11 is 1.54. The van der Waals surface area contributed by atoms with E-state index in [1.807, 2.05) is 66.9 Å². The molecule has 1 aromatic heterocycles. The van der Waals surface area contributed by atoms with Crippen molar-refractivity contribution in [3.05, 3.63) is 106 Å². The van der Waals surface area contributed by atoms with Gasteiger partial charge in [0, 0.05) is 21.7 Å². The van der Waals surface area contributed by atoms with E-state index >= 15 is 0 Å². The Morgan fingerprint density at radius 1 is 0.906 bits per heavy atom. The number of thiophene rings is 1. The molecule has 2 heterocycles. The van der Waals surface area contributed by atoms with E-state index in [1.54, 1.807) is 29.2 Å². The van der Waals surface area contributed by atoms with Crippen LogP contribution in [0.2, 0.25) is 0 Å². The summed E-state index contributed by atoms with van der Waals surface area (Å²) in [6.07, 6.45) is 0. The fourth-order valence-electron chi connectivity index (χ4n) is 3.73. The quantitative estimate of drug-likeness (QED) is 0.409. The average molecular weight is 441 g/mol. The number of hydrogen-bond acceptors (Lipinski definition) is 4. The lowest BCUT2D eigenvalue weighted by atomic mass is 10.1. The maximum Gasteiger partial charge on any atom is 0.258 e. The summed E-state index contributed by atoms with van der Waals surface area (Å²) in [6, 6.07) is 24.0. The number of rotatable bonds is 3. The van der Waals surface area contributed by atoms with Crippen LogP contribution in [0.4, 0.5) is 11.4 Å². The molecule has 4 aromatic rings. The summed E-state index contributed by atoms with van der Waals surface area (Å²) in [5.74, 6) is 1.10. The summed E-state index contributed by atoms with van der Waals surface area (Å²) < 4.78 is 6.09. The molecule has 3 aromatic carbocycles. The first-order chi connectivity index (χ1) is 15.6. The van der Waals surface area contributed by atoms with E-state index in [0.717, 1.165) is 21.9 Å². The highest BCUT2D eigenvalue weighted by atomic mass is 32.1. The first kappa shape index (κ1) is 20.0. The van der Waals surface area contributed by atoms with Gasteiger partial charge in [-0.1, -0.05) is 30.3 Å². The monoisotopic (exact) mass is 440 g/mol. The standard InChI is InChI=1S/C26H20N2O3S/c1-17-21(14-15-32-17)25(29)27-20-12-10-18(11-13-20)26(30)28-16-19-6-2-4-8-23(19)31-24-9-5-3-7-22(24)28/h2-15H,16H2,1H3,(H,27,29). The SMILES string of the molecule is Cc1sccc1C(=O)Nc1ccc(C(=O)N2Cc3ccccc3Oc3ccccc32)cc1. The Bertz CT molecular complexity index is 1310. The van der Waals surface area contributed by atoms with Crippen LogP contribution in [0.3, 0.4) is 0 Å². The minimum atomic E-state index is -0.155.